The highest BCUT2D eigenvalue weighted by molar-refractivity contribution is 7.99. The third-order valence-electron chi connectivity index (χ3n) is 3.36. The van der Waals surface area contributed by atoms with Gasteiger partial charge < -0.3 is 20.1 Å². The fraction of sp³-hybridized carbons (Fsp3) is 0.789. The summed E-state index contributed by atoms with van der Waals surface area (Å²) in [6, 6.07) is -0.711. The zero-order valence-corrected chi connectivity index (χ0v) is 18.6. The van der Waals surface area contributed by atoms with E-state index in [2.05, 4.69) is 10.6 Å². The number of ether oxygens (including phenoxy) is 2. The van der Waals surface area contributed by atoms with E-state index in [4.69, 9.17) is 9.47 Å². The van der Waals surface area contributed by atoms with Crippen molar-refractivity contribution in [2.24, 2.45) is 0 Å². The first-order valence-corrected chi connectivity index (χ1v) is 10.7. The number of hydrogen-bond acceptors (Lipinski definition) is 7. The highest BCUT2D eigenvalue weighted by Crippen LogP contribution is 2.11. The van der Waals surface area contributed by atoms with Gasteiger partial charge in [-0.1, -0.05) is 20.8 Å². The molecule has 0 aliphatic heterocycles. The molecule has 162 valence electrons. The molecule has 0 saturated heterocycles. The van der Waals surface area contributed by atoms with Crippen LogP contribution in [-0.4, -0.2) is 59.6 Å². The number of rotatable bonds is 12. The molecule has 0 aliphatic rings. The lowest BCUT2D eigenvalue weighted by Gasteiger charge is -2.26. The van der Waals surface area contributed by atoms with E-state index in [1.807, 2.05) is 20.8 Å². The van der Waals surface area contributed by atoms with Gasteiger partial charge in [-0.2, -0.15) is 11.8 Å². The normalized spacial score (nSPS) is 13.2. The van der Waals surface area contributed by atoms with Crippen molar-refractivity contribution >= 4 is 35.5 Å². The topological polar surface area (TPSA) is 111 Å². The van der Waals surface area contributed by atoms with E-state index in [-0.39, 0.29) is 49.6 Å². The standard InChI is InChI=1S/C19H34N2O6S/c1-7-15(22)20-14(18(25)21-19(4,5)6)12-28-11-13(27-17(24)9-3)10-26-16(23)8-2/h13-14H,7-12H2,1-6H3,(H,20,22)(H,21,25)/t13-,14+/m0/s1. The molecule has 28 heavy (non-hydrogen) atoms. The second kappa shape index (κ2) is 13.4. The van der Waals surface area contributed by atoms with Gasteiger partial charge in [0.25, 0.3) is 0 Å². The molecule has 0 bridgehead atoms. The zero-order chi connectivity index (χ0) is 21.7. The lowest BCUT2D eigenvalue weighted by molar-refractivity contribution is -0.157. The largest absolute Gasteiger partial charge is 0.462 e. The summed E-state index contributed by atoms with van der Waals surface area (Å²) in [7, 11) is 0. The number of nitrogens with one attached hydrogen (secondary N) is 2. The van der Waals surface area contributed by atoms with Gasteiger partial charge in [0.2, 0.25) is 11.8 Å². The maximum absolute atomic E-state index is 12.5. The van der Waals surface area contributed by atoms with Crippen LogP contribution in [0.3, 0.4) is 0 Å². The summed E-state index contributed by atoms with van der Waals surface area (Å²) in [4.78, 5) is 47.2. The van der Waals surface area contributed by atoms with E-state index < -0.39 is 17.7 Å². The van der Waals surface area contributed by atoms with Crippen LogP contribution in [-0.2, 0) is 28.7 Å². The third kappa shape index (κ3) is 12.6. The number of hydrogen-bond donors (Lipinski definition) is 2. The van der Waals surface area contributed by atoms with Crippen LogP contribution in [0.25, 0.3) is 0 Å². The fourth-order valence-electron chi connectivity index (χ4n) is 1.93. The van der Waals surface area contributed by atoms with Crippen molar-refractivity contribution in [3.05, 3.63) is 0 Å². The number of amides is 2. The van der Waals surface area contributed by atoms with Gasteiger partial charge in [0.15, 0.2) is 0 Å². The highest BCUT2D eigenvalue weighted by atomic mass is 32.2. The Bertz CT molecular complexity index is 533. The molecule has 0 rings (SSSR count). The zero-order valence-electron chi connectivity index (χ0n) is 17.8. The second-order valence-corrected chi connectivity index (χ2v) is 8.33. The van der Waals surface area contributed by atoms with Gasteiger partial charge in [0.1, 0.15) is 18.8 Å². The molecule has 0 fully saturated rings. The van der Waals surface area contributed by atoms with E-state index in [0.717, 1.165) is 0 Å². The molecule has 0 aromatic rings. The van der Waals surface area contributed by atoms with Gasteiger partial charge in [-0.15, -0.1) is 0 Å². The Labute approximate surface area is 171 Å². The molecule has 0 spiro atoms. The first-order chi connectivity index (χ1) is 13.0. The van der Waals surface area contributed by atoms with E-state index in [1.54, 1.807) is 20.8 Å². The predicted molar refractivity (Wildman–Crippen MR) is 109 cm³/mol. The summed E-state index contributed by atoms with van der Waals surface area (Å²) >= 11 is 1.34. The van der Waals surface area contributed by atoms with Gasteiger partial charge in [-0.3, -0.25) is 19.2 Å². The Morgan fingerprint density at radius 2 is 1.54 bits per heavy atom. The fourth-order valence-corrected chi connectivity index (χ4v) is 2.96. The molecule has 0 aromatic carbocycles. The van der Waals surface area contributed by atoms with Crippen LogP contribution in [0, 0.1) is 0 Å². The maximum atomic E-state index is 12.5. The highest BCUT2D eigenvalue weighted by Gasteiger charge is 2.25. The number of carbonyl (C=O) groups is 4. The second-order valence-electron chi connectivity index (χ2n) is 7.25. The van der Waals surface area contributed by atoms with Crippen LogP contribution in [0.1, 0.15) is 60.8 Å². The Morgan fingerprint density at radius 1 is 0.929 bits per heavy atom. The number of carbonyl (C=O) groups excluding carboxylic acids is 4. The molecular formula is C19H34N2O6S. The summed E-state index contributed by atoms with van der Waals surface area (Å²) in [6.07, 6.45) is 0.112. The molecule has 8 nitrogen and oxygen atoms in total. The summed E-state index contributed by atoms with van der Waals surface area (Å²) in [5.74, 6) is -0.624. The minimum atomic E-state index is -0.711. The summed E-state index contributed by atoms with van der Waals surface area (Å²) in [5, 5.41) is 5.56. The van der Waals surface area contributed by atoms with Gasteiger partial charge in [-0.05, 0) is 20.8 Å². The van der Waals surface area contributed by atoms with Crippen LogP contribution in [0.2, 0.25) is 0 Å². The minimum absolute atomic E-state index is 0.0361. The van der Waals surface area contributed by atoms with Crippen molar-refractivity contribution in [1.29, 1.82) is 0 Å². The average molecular weight is 419 g/mol. The molecular weight excluding hydrogens is 384 g/mol. The average Bonchev–Trinajstić information content (AvgIpc) is 2.62. The van der Waals surface area contributed by atoms with Crippen molar-refractivity contribution in [3.63, 3.8) is 0 Å². The molecule has 0 aliphatic carbocycles. The third-order valence-corrected chi connectivity index (χ3v) is 4.54. The van der Waals surface area contributed by atoms with Crippen LogP contribution in [0.5, 0.6) is 0 Å². The molecule has 0 aromatic heterocycles. The maximum Gasteiger partial charge on any atom is 0.305 e. The van der Waals surface area contributed by atoms with Crippen molar-refractivity contribution in [1.82, 2.24) is 10.6 Å². The van der Waals surface area contributed by atoms with Crippen molar-refractivity contribution in [3.8, 4) is 0 Å². The van der Waals surface area contributed by atoms with E-state index in [9.17, 15) is 19.2 Å². The lowest BCUT2D eigenvalue weighted by atomic mass is 10.1. The first-order valence-electron chi connectivity index (χ1n) is 9.56. The van der Waals surface area contributed by atoms with Crippen molar-refractivity contribution < 1.29 is 28.7 Å². The van der Waals surface area contributed by atoms with Crippen LogP contribution in [0.4, 0.5) is 0 Å². The molecule has 0 unspecified atom stereocenters. The number of thioether (sulfide) groups is 1. The van der Waals surface area contributed by atoms with Crippen LogP contribution >= 0.6 is 11.8 Å². The molecule has 0 radical (unpaired) electrons. The van der Waals surface area contributed by atoms with E-state index in [0.29, 0.717) is 11.5 Å². The van der Waals surface area contributed by atoms with Gasteiger partial charge >= 0.3 is 11.9 Å². The smallest absolute Gasteiger partial charge is 0.305 e. The van der Waals surface area contributed by atoms with Crippen LogP contribution < -0.4 is 10.6 Å². The molecule has 0 saturated carbocycles. The van der Waals surface area contributed by atoms with Crippen LogP contribution in [0.15, 0.2) is 0 Å². The molecule has 9 heteroatoms. The Kier molecular flexibility index (Phi) is 12.6. The predicted octanol–water partition coefficient (Wildman–Crippen LogP) is 1.80. The monoisotopic (exact) mass is 418 g/mol. The summed E-state index contributed by atoms with van der Waals surface area (Å²) in [5.41, 5.74) is -0.426. The van der Waals surface area contributed by atoms with E-state index in [1.165, 1.54) is 11.8 Å². The lowest BCUT2D eigenvalue weighted by Crippen LogP contribution is -2.53. The Balaban J connectivity index is 4.85. The number of esters is 2. The van der Waals surface area contributed by atoms with E-state index >= 15 is 0 Å². The Hall–Kier alpha value is -1.77. The van der Waals surface area contributed by atoms with Crippen molar-refractivity contribution in [2.75, 3.05) is 18.1 Å². The van der Waals surface area contributed by atoms with Gasteiger partial charge in [0.05, 0.1) is 0 Å². The van der Waals surface area contributed by atoms with Gasteiger partial charge in [-0.25, -0.2) is 0 Å². The molecule has 0 heterocycles. The van der Waals surface area contributed by atoms with Crippen molar-refractivity contribution in [2.45, 2.75) is 78.5 Å². The SMILES string of the molecule is CCC(=O)N[C@H](CSC[C@H](COC(=O)CC)OC(=O)CC)C(=O)NC(C)(C)C. The quantitative estimate of drug-likeness (QED) is 0.465. The van der Waals surface area contributed by atoms with Gasteiger partial charge in [0, 0.05) is 36.3 Å². The Morgan fingerprint density at radius 3 is 2.04 bits per heavy atom. The molecule has 2 N–H and O–H groups in total. The molecule has 2 atom stereocenters. The first kappa shape index (κ1) is 26.2. The summed E-state index contributed by atoms with van der Waals surface area (Å²) < 4.78 is 10.4. The summed E-state index contributed by atoms with van der Waals surface area (Å²) in [6.45, 7) is 10.6. The minimum Gasteiger partial charge on any atom is -0.462 e. The molecule has 2 amide bonds.